The molecule has 0 spiro atoms. The first kappa shape index (κ1) is 50.8. The lowest BCUT2D eigenvalue weighted by atomic mass is 10.1. The number of halogens is 3. The van der Waals surface area contributed by atoms with Gasteiger partial charge in [-0.3, -0.25) is 20.2 Å². The molecule has 2 aromatic carbocycles. The number of methoxy groups -OCH3 is 2. The number of carbonyl (C=O) groups is 2. The molecule has 23 heteroatoms. The number of pyridine rings is 2. The number of rotatable bonds is 8. The Bertz CT molecular complexity index is 2800. The van der Waals surface area contributed by atoms with Gasteiger partial charge in [0.1, 0.15) is 16.9 Å². The van der Waals surface area contributed by atoms with Crippen molar-refractivity contribution in [3.8, 4) is 17.4 Å². The fraction of sp³-hybridized carbons (Fsp3) is 0.395. The average Bonchev–Trinajstić information content (AvgIpc) is 3.91. The van der Waals surface area contributed by atoms with Crippen molar-refractivity contribution in [3.63, 3.8) is 0 Å². The van der Waals surface area contributed by atoms with Crippen LogP contribution in [-0.2, 0) is 18.9 Å². The molecular formula is C43H47Cl3N8O12. The quantitative estimate of drug-likeness (QED) is 0.0644. The maximum Gasteiger partial charge on any atom is 0.345 e. The second kappa shape index (κ2) is 21.9. The number of nitrogens with zero attached hydrogens (tertiary/aromatic N) is 8. The highest BCUT2D eigenvalue weighted by atomic mass is 35.5. The molecule has 352 valence electrons. The van der Waals surface area contributed by atoms with Crippen LogP contribution in [0.3, 0.4) is 0 Å². The van der Waals surface area contributed by atoms with Crippen LogP contribution in [-0.4, -0.2) is 83.9 Å². The zero-order valence-corrected chi connectivity index (χ0v) is 38.2. The maximum absolute atomic E-state index is 12.1. The van der Waals surface area contributed by atoms with Gasteiger partial charge in [0.25, 0.3) is 0 Å². The summed E-state index contributed by atoms with van der Waals surface area (Å²) in [7, 11) is 2.28. The molecule has 0 saturated carbocycles. The molecule has 2 saturated heterocycles. The van der Waals surface area contributed by atoms with Crippen LogP contribution in [0.1, 0.15) is 102 Å². The van der Waals surface area contributed by atoms with Crippen molar-refractivity contribution in [2.24, 2.45) is 0 Å². The molecular weight excluding hydrogens is 927 g/mol. The molecule has 0 aliphatic carbocycles. The van der Waals surface area contributed by atoms with Gasteiger partial charge in [-0.15, -0.1) is 0 Å². The summed E-state index contributed by atoms with van der Waals surface area (Å²) in [4.78, 5) is 52.2. The number of esters is 2. The smallest absolute Gasteiger partial charge is 0.345 e. The van der Waals surface area contributed by atoms with E-state index in [0.29, 0.717) is 39.4 Å². The summed E-state index contributed by atoms with van der Waals surface area (Å²) in [6, 6.07) is 6.36. The van der Waals surface area contributed by atoms with E-state index in [9.17, 15) is 34.9 Å². The van der Waals surface area contributed by atoms with Gasteiger partial charge in [0.2, 0.25) is 5.15 Å². The second-order valence-electron chi connectivity index (χ2n) is 14.9. The fourth-order valence-corrected chi connectivity index (χ4v) is 7.89. The number of phenols is 1. The molecule has 2 unspecified atom stereocenters. The van der Waals surface area contributed by atoms with Crippen LogP contribution in [0.2, 0.25) is 15.2 Å². The maximum atomic E-state index is 12.1. The Kier molecular flexibility index (Phi) is 16.8. The molecule has 0 radical (unpaired) electrons. The highest BCUT2D eigenvalue weighted by molar-refractivity contribution is 6.34. The standard InChI is InChI=1S/C21H21ClN4O6.C13H15ClN2O2.C8H7ClN2O4.CH4/c1-11-8-15-14(10-23-25(15)16-6-4-5-7-31-16)19(17(11)22)32-20-18(26(28)29)13(21(27)30-3)9-12(2)24-20;1-8-6-10-9(13(17)12(8)14)7-15-16(10)11-4-2-3-5-18-11;1-4-3-5(8(12)15-2)6(11(13)14)7(9)10-4;/h8-10,16H,4-7H2,1-3H3;6-7,11,17H,2-5H2,1H3;3H,1-2H3;1H4. The number of benzene rings is 2. The van der Waals surface area contributed by atoms with Crippen molar-refractivity contribution in [2.75, 3.05) is 27.4 Å². The monoisotopic (exact) mass is 972 g/mol. The molecule has 0 bridgehead atoms. The second-order valence-corrected chi connectivity index (χ2v) is 16.0. The first-order valence-corrected chi connectivity index (χ1v) is 21.2. The third-order valence-corrected chi connectivity index (χ3v) is 11.6. The normalized spacial score (nSPS) is 15.7. The lowest BCUT2D eigenvalue weighted by Gasteiger charge is -2.23. The SMILES string of the molecule is C.COC(=O)c1cc(C)nc(Cl)c1[N+](=O)[O-].COC(=O)c1cc(C)nc(Oc2c(Cl)c(C)cc3c2cnn3C2CCCCO2)c1[N+](=O)[O-].Cc1cc2c(cnn2C2CCCCO2)c(O)c1Cl. The molecule has 6 heterocycles. The van der Waals surface area contributed by atoms with E-state index >= 15 is 0 Å². The summed E-state index contributed by atoms with van der Waals surface area (Å²) in [6.07, 6.45) is 9.03. The predicted octanol–water partition coefficient (Wildman–Crippen LogP) is 10.7. The van der Waals surface area contributed by atoms with E-state index in [1.165, 1.54) is 12.1 Å². The summed E-state index contributed by atoms with van der Waals surface area (Å²) >= 11 is 18.1. The highest BCUT2D eigenvalue weighted by Gasteiger charge is 2.32. The van der Waals surface area contributed by atoms with Crippen molar-refractivity contribution in [2.45, 2.75) is 86.1 Å². The number of ether oxygens (including phenoxy) is 5. The third kappa shape index (κ3) is 10.7. The Hall–Kier alpha value is -6.19. The van der Waals surface area contributed by atoms with Crippen molar-refractivity contribution in [1.82, 2.24) is 29.5 Å². The van der Waals surface area contributed by atoms with Crippen LogP contribution in [0.5, 0.6) is 17.4 Å². The molecule has 0 amide bonds. The summed E-state index contributed by atoms with van der Waals surface area (Å²) in [5.74, 6) is -1.76. The number of aryl methyl sites for hydroxylation is 4. The topological polar surface area (TPSA) is 248 Å². The molecule has 2 fully saturated rings. The van der Waals surface area contributed by atoms with Gasteiger partial charge in [0, 0.05) is 24.6 Å². The average molecular weight is 974 g/mol. The van der Waals surface area contributed by atoms with Gasteiger partial charge in [0.05, 0.1) is 68.3 Å². The Morgan fingerprint density at radius 1 is 0.727 bits per heavy atom. The minimum atomic E-state index is -0.866. The van der Waals surface area contributed by atoms with E-state index in [1.807, 2.05) is 23.7 Å². The summed E-state index contributed by atoms with van der Waals surface area (Å²) < 4.78 is 30.2. The molecule has 2 aliphatic rings. The van der Waals surface area contributed by atoms with E-state index < -0.39 is 33.2 Å². The zero-order valence-electron chi connectivity index (χ0n) is 35.9. The van der Waals surface area contributed by atoms with E-state index in [-0.39, 0.29) is 58.6 Å². The van der Waals surface area contributed by atoms with Gasteiger partial charge in [-0.05, 0) is 102 Å². The lowest BCUT2D eigenvalue weighted by molar-refractivity contribution is -0.386. The third-order valence-electron chi connectivity index (χ3n) is 10.4. The van der Waals surface area contributed by atoms with E-state index in [1.54, 1.807) is 37.8 Å². The lowest BCUT2D eigenvalue weighted by Crippen LogP contribution is -2.19. The minimum Gasteiger partial charge on any atom is -0.506 e. The van der Waals surface area contributed by atoms with Gasteiger partial charge in [-0.25, -0.2) is 28.9 Å². The molecule has 20 nitrogen and oxygen atoms in total. The number of phenolic OH excluding ortho intramolecular Hbond substituents is 1. The Morgan fingerprint density at radius 3 is 1.68 bits per heavy atom. The van der Waals surface area contributed by atoms with Crippen LogP contribution in [0.4, 0.5) is 11.4 Å². The van der Waals surface area contributed by atoms with Crippen LogP contribution in [0.25, 0.3) is 21.8 Å². The predicted molar refractivity (Wildman–Crippen MR) is 244 cm³/mol. The number of aromatic nitrogens is 6. The van der Waals surface area contributed by atoms with Crippen molar-refractivity contribution in [1.29, 1.82) is 0 Å². The zero-order chi connectivity index (χ0) is 47.3. The Labute approximate surface area is 392 Å². The summed E-state index contributed by atoms with van der Waals surface area (Å²) in [5.41, 5.74) is 2.30. The highest BCUT2D eigenvalue weighted by Crippen LogP contribution is 2.43. The number of nitro groups is 2. The van der Waals surface area contributed by atoms with Gasteiger partial charge in [-0.2, -0.15) is 10.2 Å². The number of hydrogen-bond acceptors (Lipinski definition) is 16. The van der Waals surface area contributed by atoms with Crippen molar-refractivity contribution < 1.29 is 48.2 Å². The fourth-order valence-electron chi connectivity index (χ4n) is 7.24. The number of fused-ring (bicyclic) bond motifs is 2. The number of carbonyl (C=O) groups excluding carboxylic acids is 2. The molecule has 6 aromatic rings. The van der Waals surface area contributed by atoms with Gasteiger partial charge in [-0.1, -0.05) is 42.2 Å². The van der Waals surface area contributed by atoms with E-state index in [0.717, 1.165) is 75.9 Å². The van der Waals surface area contributed by atoms with Crippen LogP contribution in [0, 0.1) is 47.9 Å². The van der Waals surface area contributed by atoms with Crippen molar-refractivity contribution in [3.05, 3.63) is 106 Å². The van der Waals surface area contributed by atoms with Gasteiger partial charge >= 0.3 is 29.2 Å². The molecule has 2 atom stereocenters. The first-order valence-electron chi connectivity index (χ1n) is 20.0. The van der Waals surface area contributed by atoms with E-state index in [2.05, 4.69) is 24.9 Å². The van der Waals surface area contributed by atoms with Crippen LogP contribution >= 0.6 is 34.8 Å². The van der Waals surface area contributed by atoms with E-state index in [4.69, 9.17) is 53.8 Å². The molecule has 8 rings (SSSR count). The number of aromatic hydroxyl groups is 1. The molecule has 4 aromatic heterocycles. The first-order chi connectivity index (χ1) is 31.0. The Morgan fingerprint density at radius 2 is 1.20 bits per heavy atom. The van der Waals surface area contributed by atoms with Crippen molar-refractivity contribution >= 4 is 79.9 Å². The molecule has 66 heavy (non-hydrogen) atoms. The largest absolute Gasteiger partial charge is 0.506 e. The van der Waals surface area contributed by atoms with Crippen LogP contribution < -0.4 is 4.74 Å². The molecule has 1 N–H and O–H groups in total. The van der Waals surface area contributed by atoms with Gasteiger partial charge in [0.15, 0.2) is 18.2 Å². The molecule has 2 aliphatic heterocycles. The summed E-state index contributed by atoms with van der Waals surface area (Å²) in [6.45, 7) is 8.26. The van der Waals surface area contributed by atoms with Gasteiger partial charge < -0.3 is 28.8 Å². The van der Waals surface area contributed by atoms with Crippen LogP contribution in [0.15, 0.2) is 36.7 Å². The number of hydrogen-bond donors (Lipinski definition) is 1. The Balaban J connectivity index is 0.000000203. The minimum absolute atomic E-state index is 0. The summed E-state index contributed by atoms with van der Waals surface area (Å²) in [5, 5.41) is 42.8.